The molecule has 7 nitrogen and oxygen atoms in total. The summed E-state index contributed by atoms with van der Waals surface area (Å²) in [6.07, 6.45) is 0. The van der Waals surface area contributed by atoms with Crippen molar-refractivity contribution in [3.63, 3.8) is 0 Å². The molecule has 120 valence electrons. The third-order valence-corrected chi connectivity index (χ3v) is 3.14. The predicted octanol–water partition coefficient (Wildman–Crippen LogP) is 2.59. The van der Waals surface area contributed by atoms with Crippen LogP contribution in [0.3, 0.4) is 0 Å². The molecule has 2 heterocycles. The van der Waals surface area contributed by atoms with E-state index >= 15 is 0 Å². The number of carbonyl (C=O) groups excluding carboxylic acids is 1. The molecule has 1 aliphatic heterocycles. The van der Waals surface area contributed by atoms with Gasteiger partial charge in [-0.1, -0.05) is 0 Å². The SMILES string of the molecule is Cc1nc(NC(C)C)cc(C(=O)Nc2ccc3c(c2)OCO3)n1. The summed E-state index contributed by atoms with van der Waals surface area (Å²) in [7, 11) is 0. The zero-order chi connectivity index (χ0) is 16.4. The van der Waals surface area contributed by atoms with Crippen molar-refractivity contribution >= 4 is 17.4 Å². The number of hydrogen-bond acceptors (Lipinski definition) is 6. The second kappa shape index (κ2) is 6.12. The second-order valence-corrected chi connectivity index (χ2v) is 5.51. The van der Waals surface area contributed by atoms with E-state index in [4.69, 9.17) is 9.47 Å². The lowest BCUT2D eigenvalue weighted by Gasteiger charge is -2.11. The van der Waals surface area contributed by atoms with Crippen LogP contribution in [0.2, 0.25) is 0 Å². The van der Waals surface area contributed by atoms with Crippen LogP contribution in [0, 0.1) is 6.92 Å². The molecular weight excluding hydrogens is 296 g/mol. The van der Waals surface area contributed by atoms with E-state index in [0.717, 1.165) is 0 Å². The fraction of sp³-hybridized carbons (Fsp3) is 0.312. The molecule has 0 unspecified atom stereocenters. The topological polar surface area (TPSA) is 85.4 Å². The number of hydrogen-bond donors (Lipinski definition) is 2. The minimum atomic E-state index is -0.304. The Labute approximate surface area is 134 Å². The molecular formula is C16H18N4O3. The summed E-state index contributed by atoms with van der Waals surface area (Å²) >= 11 is 0. The number of aryl methyl sites for hydroxylation is 1. The molecule has 0 fully saturated rings. The van der Waals surface area contributed by atoms with Gasteiger partial charge >= 0.3 is 0 Å². The number of carbonyl (C=O) groups is 1. The molecule has 0 atom stereocenters. The highest BCUT2D eigenvalue weighted by atomic mass is 16.7. The average Bonchev–Trinajstić information content (AvgIpc) is 2.93. The Morgan fingerprint density at radius 3 is 2.74 bits per heavy atom. The zero-order valence-electron chi connectivity index (χ0n) is 13.2. The molecule has 7 heteroatoms. The van der Waals surface area contributed by atoms with Crippen molar-refractivity contribution in [3.8, 4) is 11.5 Å². The summed E-state index contributed by atoms with van der Waals surface area (Å²) in [5.41, 5.74) is 0.923. The van der Waals surface area contributed by atoms with E-state index in [-0.39, 0.29) is 18.7 Å². The first-order chi connectivity index (χ1) is 11.0. The van der Waals surface area contributed by atoms with E-state index in [2.05, 4.69) is 20.6 Å². The molecule has 2 aromatic rings. The average molecular weight is 314 g/mol. The maximum atomic E-state index is 12.4. The van der Waals surface area contributed by atoms with Gasteiger partial charge in [0.2, 0.25) is 6.79 Å². The molecule has 0 saturated heterocycles. The van der Waals surface area contributed by atoms with Crippen LogP contribution in [0.1, 0.15) is 30.2 Å². The molecule has 1 aliphatic rings. The van der Waals surface area contributed by atoms with Gasteiger partial charge < -0.3 is 20.1 Å². The lowest BCUT2D eigenvalue weighted by molar-refractivity contribution is 0.102. The molecule has 1 aromatic heterocycles. The van der Waals surface area contributed by atoms with Crippen molar-refractivity contribution < 1.29 is 14.3 Å². The zero-order valence-corrected chi connectivity index (χ0v) is 13.2. The van der Waals surface area contributed by atoms with Gasteiger partial charge in [0.25, 0.3) is 5.91 Å². The van der Waals surface area contributed by atoms with Crippen LogP contribution in [-0.2, 0) is 0 Å². The van der Waals surface area contributed by atoms with Gasteiger partial charge in [-0.05, 0) is 32.9 Å². The number of rotatable bonds is 4. The number of nitrogens with one attached hydrogen (secondary N) is 2. The lowest BCUT2D eigenvalue weighted by Crippen LogP contribution is -2.17. The Balaban J connectivity index is 1.79. The van der Waals surface area contributed by atoms with E-state index in [0.29, 0.717) is 34.5 Å². The standard InChI is InChI=1S/C16H18N4O3/c1-9(2)17-15-7-12(18-10(3)19-15)16(21)20-11-4-5-13-14(6-11)23-8-22-13/h4-7,9H,8H2,1-3H3,(H,20,21)(H,17,18,19). The van der Waals surface area contributed by atoms with Crippen molar-refractivity contribution in [3.05, 3.63) is 35.8 Å². The van der Waals surface area contributed by atoms with Crippen LogP contribution in [0.4, 0.5) is 11.5 Å². The monoisotopic (exact) mass is 314 g/mol. The van der Waals surface area contributed by atoms with E-state index in [1.165, 1.54) is 0 Å². The maximum absolute atomic E-state index is 12.4. The van der Waals surface area contributed by atoms with Crippen molar-refractivity contribution in [1.82, 2.24) is 9.97 Å². The van der Waals surface area contributed by atoms with Crippen LogP contribution in [-0.4, -0.2) is 28.7 Å². The molecule has 0 saturated carbocycles. The lowest BCUT2D eigenvalue weighted by atomic mass is 10.2. The van der Waals surface area contributed by atoms with E-state index in [1.54, 1.807) is 31.2 Å². The molecule has 1 aromatic carbocycles. The summed E-state index contributed by atoms with van der Waals surface area (Å²) in [6.45, 7) is 5.96. The Kier molecular flexibility index (Phi) is 4.01. The maximum Gasteiger partial charge on any atom is 0.274 e. The fourth-order valence-electron chi connectivity index (χ4n) is 2.22. The summed E-state index contributed by atoms with van der Waals surface area (Å²) < 4.78 is 10.5. The van der Waals surface area contributed by atoms with Gasteiger partial charge in [-0.15, -0.1) is 0 Å². The minimum absolute atomic E-state index is 0.196. The summed E-state index contributed by atoms with van der Waals surface area (Å²) in [6, 6.07) is 7.09. The van der Waals surface area contributed by atoms with Crippen LogP contribution in [0.15, 0.2) is 24.3 Å². The Morgan fingerprint density at radius 2 is 1.96 bits per heavy atom. The fourth-order valence-corrected chi connectivity index (χ4v) is 2.22. The van der Waals surface area contributed by atoms with Gasteiger partial charge in [-0.3, -0.25) is 4.79 Å². The van der Waals surface area contributed by atoms with Crippen molar-refractivity contribution in [1.29, 1.82) is 0 Å². The number of aromatic nitrogens is 2. The molecule has 0 aliphatic carbocycles. The number of anilines is 2. The van der Waals surface area contributed by atoms with E-state index in [9.17, 15) is 4.79 Å². The first-order valence-electron chi connectivity index (χ1n) is 7.34. The van der Waals surface area contributed by atoms with Gasteiger partial charge in [0, 0.05) is 23.9 Å². The predicted molar refractivity (Wildman–Crippen MR) is 86.0 cm³/mol. The quantitative estimate of drug-likeness (QED) is 0.902. The molecule has 0 radical (unpaired) electrons. The van der Waals surface area contributed by atoms with Crippen molar-refractivity contribution in [2.24, 2.45) is 0 Å². The van der Waals surface area contributed by atoms with E-state index in [1.807, 2.05) is 13.8 Å². The molecule has 3 rings (SSSR count). The molecule has 2 N–H and O–H groups in total. The van der Waals surface area contributed by atoms with Gasteiger partial charge in [0.1, 0.15) is 17.3 Å². The number of fused-ring (bicyclic) bond motifs is 1. The molecule has 0 spiro atoms. The van der Waals surface area contributed by atoms with Gasteiger partial charge in [-0.25, -0.2) is 9.97 Å². The van der Waals surface area contributed by atoms with Gasteiger partial charge in [0.15, 0.2) is 11.5 Å². The largest absolute Gasteiger partial charge is 0.454 e. The van der Waals surface area contributed by atoms with Crippen LogP contribution < -0.4 is 20.1 Å². The molecule has 1 amide bonds. The number of benzene rings is 1. The van der Waals surface area contributed by atoms with Crippen molar-refractivity contribution in [2.45, 2.75) is 26.8 Å². The Morgan fingerprint density at radius 1 is 1.17 bits per heavy atom. The highest BCUT2D eigenvalue weighted by molar-refractivity contribution is 6.03. The summed E-state index contributed by atoms with van der Waals surface area (Å²) in [5, 5.41) is 5.97. The highest BCUT2D eigenvalue weighted by Gasteiger charge is 2.16. The van der Waals surface area contributed by atoms with Crippen LogP contribution in [0.25, 0.3) is 0 Å². The van der Waals surface area contributed by atoms with E-state index < -0.39 is 0 Å². The smallest absolute Gasteiger partial charge is 0.274 e. The van der Waals surface area contributed by atoms with Crippen molar-refractivity contribution in [2.75, 3.05) is 17.4 Å². The summed E-state index contributed by atoms with van der Waals surface area (Å²) in [5.74, 6) is 2.14. The second-order valence-electron chi connectivity index (χ2n) is 5.51. The first kappa shape index (κ1) is 15.1. The Bertz CT molecular complexity index is 746. The normalized spacial score (nSPS) is 12.3. The molecule has 23 heavy (non-hydrogen) atoms. The number of nitrogens with zero attached hydrogens (tertiary/aromatic N) is 2. The van der Waals surface area contributed by atoms with Crippen LogP contribution in [0.5, 0.6) is 11.5 Å². The minimum Gasteiger partial charge on any atom is -0.454 e. The van der Waals surface area contributed by atoms with Crippen LogP contribution >= 0.6 is 0 Å². The van der Waals surface area contributed by atoms with Gasteiger partial charge in [-0.2, -0.15) is 0 Å². The number of ether oxygens (including phenoxy) is 2. The molecule has 0 bridgehead atoms. The highest BCUT2D eigenvalue weighted by Crippen LogP contribution is 2.34. The first-order valence-corrected chi connectivity index (χ1v) is 7.34. The third-order valence-electron chi connectivity index (χ3n) is 3.14. The van der Waals surface area contributed by atoms with Gasteiger partial charge in [0.05, 0.1) is 0 Å². The Hall–Kier alpha value is -2.83. The summed E-state index contributed by atoms with van der Waals surface area (Å²) in [4.78, 5) is 20.9. The third kappa shape index (κ3) is 3.50. The number of amides is 1.